The van der Waals surface area contributed by atoms with Gasteiger partial charge in [0.1, 0.15) is 0 Å². The first-order valence-corrected chi connectivity index (χ1v) is 8.11. The van der Waals surface area contributed by atoms with E-state index < -0.39 is 6.10 Å². The molecule has 1 aliphatic heterocycles. The maximum absolute atomic E-state index is 9.84. The van der Waals surface area contributed by atoms with Crippen LogP contribution in [0.5, 0.6) is 0 Å². The van der Waals surface area contributed by atoms with Crippen LogP contribution in [0.4, 0.5) is 0 Å². The zero-order valence-corrected chi connectivity index (χ0v) is 13.2. The fraction of sp³-hybridized carbons (Fsp3) is 0.733. The third-order valence-electron chi connectivity index (χ3n) is 3.53. The number of nitrogens with one attached hydrogen (secondary N) is 1. The van der Waals surface area contributed by atoms with Gasteiger partial charge < -0.3 is 19.9 Å². The summed E-state index contributed by atoms with van der Waals surface area (Å²) in [5.74, 6) is 0. The van der Waals surface area contributed by atoms with Crippen LogP contribution < -0.4 is 5.32 Å². The number of aliphatic hydroxyl groups excluding tert-OH is 1. The van der Waals surface area contributed by atoms with Crippen molar-refractivity contribution in [1.29, 1.82) is 0 Å². The van der Waals surface area contributed by atoms with E-state index in [2.05, 4.69) is 25.2 Å². The topological polar surface area (TPSA) is 50.7 Å². The van der Waals surface area contributed by atoms with Gasteiger partial charge in [-0.2, -0.15) is 0 Å². The highest BCUT2D eigenvalue weighted by Gasteiger charge is 2.16. The first-order chi connectivity index (χ1) is 9.65. The van der Waals surface area contributed by atoms with Crippen LogP contribution in [-0.4, -0.2) is 43.7 Å². The van der Waals surface area contributed by atoms with Crippen molar-refractivity contribution in [3.63, 3.8) is 0 Å². The van der Waals surface area contributed by atoms with E-state index in [0.717, 1.165) is 26.0 Å². The molecule has 5 heteroatoms. The minimum atomic E-state index is -0.460. The molecule has 0 spiro atoms. The molecule has 1 aliphatic rings. The lowest BCUT2D eigenvalue weighted by Crippen LogP contribution is -2.31. The van der Waals surface area contributed by atoms with Gasteiger partial charge in [0, 0.05) is 29.5 Å². The standard InChI is InChI=1S/C15H25NO3S/c1-11-6-15(20-12(11)2)8-16-7-13(17)9-18-10-14-4-3-5-19-14/h6,13-14,16-17H,3-5,7-10H2,1-2H3. The average molecular weight is 299 g/mol. The largest absolute Gasteiger partial charge is 0.389 e. The summed E-state index contributed by atoms with van der Waals surface area (Å²) in [7, 11) is 0. The summed E-state index contributed by atoms with van der Waals surface area (Å²) in [6.45, 7) is 7.44. The molecule has 1 fully saturated rings. The van der Waals surface area contributed by atoms with Crippen LogP contribution in [0, 0.1) is 13.8 Å². The van der Waals surface area contributed by atoms with Crippen LogP contribution in [0.3, 0.4) is 0 Å². The molecule has 2 atom stereocenters. The molecule has 114 valence electrons. The van der Waals surface area contributed by atoms with Crippen molar-refractivity contribution in [3.05, 3.63) is 21.4 Å². The Balaban J connectivity index is 1.54. The van der Waals surface area contributed by atoms with Crippen LogP contribution in [0.1, 0.15) is 28.2 Å². The zero-order valence-electron chi connectivity index (χ0n) is 12.4. The number of aliphatic hydroxyl groups is 1. The number of hydrogen-bond acceptors (Lipinski definition) is 5. The Morgan fingerprint density at radius 1 is 1.55 bits per heavy atom. The number of thiophene rings is 1. The lowest BCUT2D eigenvalue weighted by molar-refractivity contribution is -0.0164. The summed E-state index contributed by atoms with van der Waals surface area (Å²) in [4.78, 5) is 2.68. The molecule has 0 aliphatic carbocycles. The van der Waals surface area contributed by atoms with Crippen molar-refractivity contribution in [2.75, 3.05) is 26.4 Å². The van der Waals surface area contributed by atoms with Crippen LogP contribution in [-0.2, 0) is 16.0 Å². The molecule has 20 heavy (non-hydrogen) atoms. The SMILES string of the molecule is Cc1cc(CNCC(O)COCC2CCCO2)sc1C. The molecular weight excluding hydrogens is 274 g/mol. The molecule has 4 nitrogen and oxygen atoms in total. The van der Waals surface area contributed by atoms with Gasteiger partial charge in [-0.3, -0.25) is 0 Å². The second kappa shape index (κ2) is 8.10. The van der Waals surface area contributed by atoms with E-state index in [9.17, 15) is 5.11 Å². The van der Waals surface area contributed by atoms with E-state index in [1.807, 2.05) is 11.3 Å². The minimum absolute atomic E-state index is 0.229. The van der Waals surface area contributed by atoms with Crippen LogP contribution in [0.2, 0.25) is 0 Å². The molecule has 1 saturated heterocycles. The number of ether oxygens (including phenoxy) is 2. The Labute approximate surface area is 125 Å². The molecular formula is C15H25NO3S. The summed E-state index contributed by atoms with van der Waals surface area (Å²) < 4.78 is 11.0. The van der Waals surface area contributed by atoms with Crippen molar-refractivity contribution < 1.29 is 14.6 Å². The maximum Gasteiger partial charge on any atom is 0.0897 e. The van der Waals surface area contributed by atoms with Crippen molar-refractivity contribution in [1.82, 2.24) is 5.32 Å². The summed E-state index contributed by atoms with van der Waals surface area (Å²) >= 11 is 1.81. The van der Waals surface area contributed by atoms with Crippen LogP contribution in [0.25, 0.3) is 0 Å². The molecule has 1 aromatic heterocycles. The van der Waals surface area contributed by atoms with Gasteiger partial charge in [0.15, 0.2) is 0 Å². The lowest BCUT2D eigenvalue weighted by atomic mass is 10.2. The first kappa shape index (κ1) is 15.9. The van der Waals surface area contributed by atoms with E-state index in [1.54, 1.807) is 0 Å². The van der Waals surface area contributed by atoms with E-state index in [-0.39, 0.29) is 6.10 Å². The van der Waals surface area contributed by atoms with Gasteiger partial charge in [-0.1, -0.05) is 0 Å². The van der Waals surface area contributed by atoms with Crippen molar-refractivity contribution in [3.8, 4) is 0 Å². The molecule has 0 aromatic carbocycles. The second-order valence-corrected chi connectivity index (χ2v) is 6.75. The van der Waals surface area contributed by atoms with Gasteiger partial charge in [0.25, 0.3) is 0 Å². The normalized spacial score (nSPS) is 20.4. The highest BCUT2D eigenvalue weighted by molar-refractivity contribution is 7.12. The molecule has 0 bridgehead atoms. The predicted molar refractivity (Wildman–Crippen MR) is 81.3 cm³/mol. The number of hydrogen-bond donors (Lipinski definition) is 2. The molecule has 2 N–H and O–H groups in total. The summed E-state index contributed by atoms with van der Waals surface area (Å²) in [6.07, 6.45) is 1.97. The highest BCUT2D eigenvalue weighted by atomic mass is 32.1. The molecule has 2 heterocycles. The van der Waals surface area contributed by atoms with Crippen LogP contribution >= 0.6 is 11.3 Å². The average Bonchev–Trinajstić information content (AvgIpc) is 3.01. The second-order valence-electron chi connectivity index (χ2n) is 5.41. The van der Waals surface area contributed by atoms with Crippen molar-refractivity contribution in [2.24, 2.45) is 0 Å². The van der Waals surface area contributed by atoms with Crippen molar-refractivity contribution in [2.45, 2.75) is 45.4 Å². The van der Waals surface area contributed by atoms with Gasteiger partial charge in [0.2, 0.25) is 0 Å². The molecule has 0 radical (unpaired) electrons. The Bertz CT molecular complexity index is 382. The van der Waals surface area contributed by atoms with Crippen molar-refractivity contribution >= 4 is 11.3 Å². The number of aryl methyl sites for hydroxylation is 2. The van der Waals surface area contributed by atoms with E-state index >= 15 is 0 Å². The van der Waals surface area contributed by atoms with Crippen LogP contribution in [0.15, 0.2) is 6.07 Å². The lowest BCUT2D eigenvalue weighted by Gasteiger charge is -2.14. The van der Waals surface area contributed by atoms with Gasteiger partial charge in [0.05, 0.1) is 25.4 Å². The summed E-state index contributed by atoms with van der Waals surface area (Å²) in [5, 5.41) is 13.1. The third kappa shape index (κ3) is 5.14. The van der Waals surface area contributed by atoms with E-state index in [4.69, 9.17) is 9.47 Å². The Kier molecular flexibility index (Phi) is 6.45. The summed E-state index contributed by atoms with van der Waals surface area (Å²) in [6, 6.07) is 2.20. The Morgan fingerprint density at radius 3 is 3.05 bits per heavy atom. The highest BCUT2D eigenvalue weighted by Crippen LogP contribution is 2.20. The van der Waals surface area contributed by atoms with E-state index in [0.29, 0.717) is 19.8 Å². The first-order valence-electron chi connectivity index (χ1n) is 7.29. The van der Waals surface area contributed by atoms with Gasteiger partial charge in [-0.05, 0) is 38.3 Å². The van der Waals surface area contributed by atoms with Gasteiger partial charge >= 0.3 is 0 Å². The molecule has 1 aromatic rings. The Hall–Kier alpha value is -0.460. The smallest absolute Gasteiger partial charge is 0.0897 e. The Morgan fingerprint density at radius 2 is 2.40 bits per heavy atom. The molecule has 0 saturated carbocycles. The molecule has 2 rings (SSSR count). The quantitative estimate of drug-likeness (QED) is 0.771. The minimum Gasteiger partial charge on any atom is -0.389 e. The molecule has 0 amide bonds. The van der Waals surface area contributed by atoms with Gasteiger partial charge in [-0.15, -0.1) is 11.3 Å². The van der Waals surface area contributed by atoms with E-state index in [1.165, 1.54) is 15.3 Å². The summed E-state index contributed by atoms with van der Waals surface area (Å²) in [5.41, 5.74) is 1.34. The zero-order chi connectivity index (χ0) is 14.4. The fourth-order valence-corrected chi connectivity index (χ4v) is 3.29. The molecule has 2 unspecified atom stereocenters. The predicted octanol–water partition coefficient (Wildman–Crippen LogP) is 2.01. The monoisotopic (exact) mass is 299 g/mol. The maximum atomic E-state index is 9.84. The number of rotatable bonds is 8. The van der Waals surface area contributed by atoms with Gasteiger partial charge in [-0.25, -0.2) is 0 Å². The fourth-order valence-electron chi connectivity index (χ4n) is 2.27. The third-order valence-corrected chi connectivity index (χ3v) is 4.69.